The van der Waals surface area contributed by atoms with Gasteiger partial charge in [-0.2, -0.15) is 0 Å². The third-order valence-corrected chi connectivity index (χ3v) is 6.81. The number of benzene rings is 1. The molecule has 0 aliphatic carbocycles. The van der Waals surface area contributed by atoms with Crippen LogP contribution < -0.4 is 3.53 Å². The van der Waals surface area contributed by atoms with Crippen LogP contribution >= 0.6 is 18.7 Å². The van der Waals surface area contributed by atoms with Crippen molar-refractivity contribution < 1.29 is 3.07 Å². The maximum atomic E-state index is 12.1. The fourth-order valence-electron chi connectivity index (χ4n) is 1.27. The second-order valence-corrected chi connectivity index (χ2v) is 10.4. The molecule has 1 aromatic rings. The van der Waals surface area contributed by atoms with Crippen LogP contribution in [0.15, 0.2) is 24.3 Å². The van der Waals surface area contributed by atoms with Crippen LogP contribution in [0.4, 0.5) is 5.69 Å². The van der Waals surface area contributed by atoms with Gasteiger partial charge in [0.05, 0.1) is 0 Å². The molecule has 0 aliphatic rings. The summed E-state index contributed by atoms with van der Waals surface area (Å²) in [5.74, 6) is 2.55. The van der Waals surface area contributed by atoms with Gasteiger partial charge < -0.3 is 0 Å². The first-order valence-electron chi connectivity index (χ1n) is 4.81. The molecule has 0 aliphatic heterocycles. The molecule has 1 rings (SSSR count). The van der Waals surface area contributed by atoms with E-state index in [1.54, 1.807) is 0 Å². The van der Waals surface area contributed by atoms with Crippen LogP contribution in [0.1, 0.15) is 18.9 Å². The number of hydrogen-bond donors (Lipinski definition) is 1. The molecule has 0 bridgehead atoms. The average molecular weight is 317 g/mol. The van der Waals surface area contributed by atoms with Crippen LogP contribution in [-0.2, 0) is 3.07 Å². The Bertz CT molecular complexity index is 403. The summed E-state index contributed by atoms with van der Waals surface area (Å²) in [7, 11) is 0. The van der Waals surface area contributed by atoms with E-state index in [1.807, 2.05) is 36.1 Å². The Morgan fingerprint density at radius 1 is 1.40 bits per heavy atom. The predicted octanol–water partition coefficient (Wildman–Crippen LogP) is 3.42. The summed E-state index contributed by atoms with van der Waals surface area (Å²) in [4.78, 5) is 1.84. The van der Waals surface area contributed by atoms with Crippen molar-refractivity contribution in [1.82, 2.24) is 0 Å². The van der Waals surface area contributed by atoms with Crippen LogP contribution in [0.5, 0.6) is 0 Å². The molecule has 0 saturated carbocycles. The summed E-state index contributed by atoms with van der Waals surface area (Å²) in [6.45, 7) is 2.04. The van der Waals surface area contributed by atoms with Gasteiger partial charge in [0, 0.05) is 0 Å². The molecule has 0 spiro atoms. The molecular formula is C12H16INO. The zero-order chi connectivity index (χ0) is 11.3. The number of rotatable bonds is 4. The molecule has 1 N–H and O–H groups in total. The van der Waals surface area contributed by atoms with Crippen molar-refractivity contribution in [3.05, 3.63) is 29.8 Å². The molecule has 0 heterocycles. The van der Waals surface area contributed by atoms with Crippen LogP contribution in [0.3, 0.4) is 0 Å². The molecule has 1 aromatic carbocycles. The fourth-order valence-corrected chi connectivity index (χ4v) is 5.27. The van der Waals surface area contributed by atoms with Crippen molar-refractivity contribution >= 4 is 24.4 Å². The zero-order valence-corrected chi connectivity index (χ0v) is 11.2. The molecule has 82 valence electrons. The summed E-state index contributed by atoms with van der Waals surface area (Å²) in [5.41, 5.74) is 1.74. The van der Waals surface area contributed by atoms with E-state index in [0.717, 1.165) is 22.1 Å². The molecule has 2 nitrogen and oxygen atoms in total. The van der Waals surface area contributed by atoms with Gasteiger partial charge in [0.15, 0.2) is 0 Å². The fraction of sp³-hybridized carbons (Fsp3) is 0.333. The van der Waals surface area contributed by atoms with Crippen molar-refractivity contribution in [1.29, 1.82) is 0 Å². The number of alkyl halides is 2. The first-order valence-corrected chi connectivity index (χ1v) is 10.4. The van der Waals surface area contributed by atoms with Crippen molar-refractivity contribution in [3.8, 4) is 12.3 Å². The van der Waals surface area contributed by atoms with Gasteiger partial charge in [-0.05, 0) is 0 Å². The van der Waals surface area contributed by atoms with E-state index in [-0.39, 0.29) is 0 Å². The van der Waals surface area contributed by atoms with E-state index in [9.17, 15) is 3.07 Å². The van der Waals surface area contributed by atoms with E-state index < -0.39 is 18.7 Å². The zero-order valence-electron chi connectivity index (χ0n) is 9.09. The van der Waals surface area contributed by atoms with E-state index in [1.165, 1.54) is 0 Å². The van der Waals surface area contributed by atoms with Gasteiger partial charge in [-0.25, -0.2) is 0 Å². The van der Waals surface area contributed by atoms with E-state index in [4.69, 9.17) is 6.42 Å². The Labute approximate surface area is 95.7 Å². The third-order valence-electron chi connectivity index (χ3n) is 1.91. The summed E-state index contributed by atoms with van der Waals surface area (Å²) < 4.78 is 16.0. The molecule has 15 heavy (non-hydrogen) atoms. The molecular weight excluding hydrogens is 301 g/mol. The summed E-state index contributed by atoms with van der Waals surface area (Å²) in [6, 6.07) is 7.46. The first kappa shape index (κ1) is 12.2. The van der Waals surface area contributed by atoms with E-state index >= 15 is 0 Å². The van der Waals surface area contributed by atoms with Crippen LogP contribution in [0, 0.1) is 12.3 Å². The second-order valence-electron chi connectivity index (χ2n) is 3.44. The minimum absolute atomic E-state index is 0.781. The van der Waals surface area contributed by atoms with Crippen molar-refractivity contribution in [2.24, 2.45) is 0 Å². The van der Waals surface area contributed by atoms with Gasteiger partial charge in [0.2, 0.25) is 0 Å². The SMILES string of the molecule is C#Cc1ccc(NI(C)(=O)CCC)cc1. The Hall–Kier alpha value is -0.890. The van der Waals surface area contributed by atoms with Crippen LogP contribution in [0.2, 0.25) is 0 Å². The molecule has 0 amide bonds. The van der Waals surface area contributed by atoms with E-state index in [2.05, 4.69) is 9.45 Å². The van der Waals surface area contributed by atoms with Crippen LogP contribution in [0.25, 0.3) is 0 Å². The van der Waals surface area contributed by atoms with Crippen LogP contribution in [-0.4, -0.2) is 9.36 Å². The Kier molecular flexibility index (Phi) is 4.28. The summed E-state index contributed by atoms with van der Waals surface area (Å²) in [6.07, 6.45) is 6.20. The monoisotopic (exact) mass is 317 g/mol. The quantitative estimate of drug-likeness (QED) is 0.399. The Morgan fingerprint density at radius 3 is 2.47 bits per heavy atom. The van der Waals surface area contributed by atoms with E-state index in [0.29, 0.717) is 0 Å². The number of hydrogen-bond acceptors (Lipinski definition) is 1. The Morgan fingerprint density at radius 2 is 2.00 bits per heavy atom. The summed E-state index contributed by atoms with van der Waals surface area (Å²) in [5, 5.41) is 0. The molecule has 0 saturated heterocycles. The molecule has 0 aromatic heterocycles. The van der Waals surface area contributed by atoms with Gasteiger partial charge >= 0.3 is 95.9 Å². The minimum atomic E-state index is -2.94. The van der Waals surface area contributed by atoms with Gasteiger partial charge in [-0.1, -0.05) is 0 Å². The molecule has 1 unspecified atom stereocenters. The molecule has 3 heteroatoms. The van der Waals surface area contributed by atoms with Gasteiger partial charge in [0.1, 0.15) is 0 Å². The Balaban J connectivity index is 2.74. The van der Waals surface area contributed by atoms with Crippen molar-refractivity contribution in [3.63, 3.8) is 0 Å². The summed E-state index contributed by atoms with van der Waals surface area (Å²) >= 11 is -2.94. The molecule has 0 fully saturated rings. The first-order chi connectivity index (χ1) is 7.07. The van der Waals surface area contributed by atoms with Gasteiger partial charge in [-0.3, -0.25) is 0 Å². The number of anilines is 1. The number of terminal acetylenes is 1. The second kappa shape index (κ2) is 5.26. The maximum absolute atomic E-state index is 12.1. The predicted molar refractivity (Wildman–Crippen MR) is 73.8 cm³/mol. The van der Waals surface area contributed by atoms with Gasteiger partial charge in [-0.15, -0.1) is 0 Å². The van der Waals surface area contributed by atoms with Gasteiger partial charge in [0.25, 0.3) is 0 Å². The standard InChI is InChI=1S/C12H16INO/c1-4-10-13(3,15)14-12-8-6-11(5-2)7-9-12/h2,6-9H,4,10H2,1,3H3,(H,14,15). The van der Waals surface area contributed by atoms with Crippen molar-refractivity contribution in [2.75, 3.05) is 12.9 Å². The topological polar surface area (TPSA) is 29.1 Å². The average Bonchev–Trinajstić information content (AvgIpc) is 2.18. The number of nitrogens with one attached hydrogen (secondary N) is 1. The molecule has 1 atom stereocenters. The number of halogens is 1. The molecule has 0 radical (unpaired) electrons. The third kappa shape index (κ3) is 4.00. The van der Waals surface area contributed by atoms with Crippen molar-refractivity contribution in [2.45, 2.75) is 13.3 Å². The normalized spacial score (nSPS) is 16.1.